The predicted molar refractivity (Wildman–Crippen MR) is 87.6 cm³/mol. The van der Waals surface area contributed by atoms with Crippen LogP contribution in [0.25, 0.3) is 0 Å². The molecular formula is C16H17N5O2. The Bertz CT molecular complexity index is 744. The van der Waals surface area contributed by atoms with Gasteiger partial charge in [0, 0.05) is 26.2 Å². The molecule has 7 heteroatoms. The second-order valence-corrected chi connectivity index (χ2v) is 5.33. The zero-order valence-corrected chi connectivity index (χ0v) is 13.0. The van der Waals surface area contributed by atoms with Gasteiger partial charge >= 0.3 is 6.03 Å². The van der Waals surface area contributed by atoms with Crippen LogP contribution in [0, 0.1) is 6.92 Å². The molecule has 0 radical (unpaired) electrons. The van der Waals surface area contributed by atoms with Crippen LogP contribution in [0.5, 0.6) is 0 Å². The number of nitrogens with one attached hydrogen (secondary N) is 1. The normalized spacial score (nSPS) is 14.3. The van der Waals surface area contributed by atoms with Gasteiger partial charge in [-0.1, -0.05) is 0 Å². The molecule has 0 aliphatic carbocycles. The van der Waals surface area contributed by atoms with E-state index in [-0.39, 0.29) is 11.9 Å². The zero-order valence-electron chi connectivity index (χ0n) is 13.0. The largest absolute Gasteiger partial charge is 0.329 e. The monoisotopic (exact) mass is 311 g/mol. The zero-order chi connectivity index (χ0) is 16.4. The first-order valence-electron chi connectivity index (χ1n) is 7.29. The van der Waals surface area contributed by atoms with E-state index in [4.69, 9.17) is 0 Å². The molecule has 0 unspecified atom stereocenters. The lowest BCUT2D eigenvalue weighted by atomic mass is 10.2. The summed E-state index contributed by atoms with van der Waals surface area (Å²) in [5, 5.41) is 2.60. The van der Waals surface area contributed by atoms with E-state index in [1.54, 1.807) is 40.5 Å². The standard InChI is InChI=1S/C16H17N5O2/c1-11-5-6-17-10-14(11)21-8-7-20(16(21)23)13-3-4-15(18-9-13)19-12(2)22/h3-6,9-10H,7-8H2,1-2H3,(H,18,19,22). The molecule has 2 aromatic rings. The number of anilines is 3. The summed E-state index contributed by atoms with van der Waals surface area (Å²) in [4.78, 5) is 35.3. The molecule has 3 rings (SSSR count). The summed E-state index contributed by atoms with van der Waals surface area (Å²) in [5.74, 6) is 0.286. The second-order valence-electron chi connectivity index (χ2n) is 5.33. The molecule has 118 valence electrons. The van der Waals surface area contributed by atoms with E-state index < -0.39 is 0 Å². The number of carbonyl (C=O) groups excluding carboxylic acids is 2. The molecule has 0 atom stereocenters. The summed E-state index contributed by atoms with van der Waals surface area (Å²) < 4.78 is 0. The number of aryl methyl sites for hydroxylation is 1. The minimum atomic E-state index is -0.180. The predicted octanol–water partition coefficient (Wildman–Crippen LogP) is 2.19. The number of rotatable bonds is 3. The summed E-state index contributed by atoms with van der Waals surface area (Å²) in [6.45, 7) is 4.55. The number of aromatic nitrogens is 2. The number of urea groups is 1. The van der Waals surface area contributed by atoms with Gasteiger partial charge in [-0.15, -0.1) is 0 Å². The minimum absolute atomic E-state index is 0.102. The van der Waals surface area contributed by atoms with Gasteiger partial charge in [0.2, 0.25) is 5.91 Å². The van der Waals surface area contributed by atoms with Crippen LogP contribution in [-0.4, -0.2) is 35.0 Å². The smallest absolute Gasteiger partial charge is 0.311 e. The van der Waals surface area contributed by atoms with Crippen LogP contribution in [0.4, 0.5) is 22.0 Å². The summed E-state index contributed by atoms with van der Waals surface area (Å²) in [5.41, 5.74) is 2.53. The number of carbonyl (C=O) groups is 2. The molecule has 3 heterocycles. The third kappa shape index (κ3) is 2.98. The number of amides is 3. The average molecular weight is 311 g/mol. The van der Waals surface area contributed by atoms with E-state index in [0.29, 0.717) is 24.6 Å². The van der Waals surface area contributed by atoms with E-state index in [1.165, 1.54) is 6.92 Å². The molecule has 0 spiro atoms. The van der Waals surface area contributed by atoms with Gasteiger partial charge in [0.05, 0.1) is 23.8 Å². The Labute approximate surface area is 134 Å². The maximum Gasteiger partial charge on any atom is 0.329 e. The van der Waals surface area contributed by atoms with Crippen molar-refractivity contribution in [3.63, 3.8) is 0 Å². The Kier molecular flexibility index (Phi) is 3.92. The fraction of sp³-hybridized carbons (Fsp3) is 0.250. The Hall–Kier alpha value is -2.96. The van der Waals surface area contributed by atoms with Gasteiger partial charge in [0.1, 0.15) is 5.82 Å². The highest BCUT2D eigenvalue weighted by molar-refractivity contribution is 6.06. The van der Waals surface area contributed by atoms with Crippen LogP contribution >= 0.6 is 0 Å². The van der Waals surface area contributed by atoms with Gasteiger partial charge in [0.15, 0.2) is 0 Å². The van der Waals surface area contributed by atoms with Crippen molar-refractivity contribution in [3.8, 4) is 0 Å². The lowest BCUT2D eigenvalue weighted by molar-refractivity contribution is -0.114. The van der Waals surface area contributed by atoms with E-state index >= 15 is 0 Å². The molecule has 0 saturated carbocycles. The van der Waals surface area contributed by atoms with Crippen molar-refractivity contribution in [1.82, 2.24) is 9.97 Å². The van der Waals surface area contributed by atoms with E-state index in [9.17, 15) is 9.59 Å². The number of pyridine rings is 2. The summed E-state index contributed by atoms with van der Waals surface area (Å²) in [7, 11) is 0. The quantitative estimate of drug-likeness (QED) is 0.942. The molecule has 3 amide bonds. The van der Waals surface area contributed by atoms with Gasteiger partial charge < -0.3 is 5.32 Å². The van der Waals surface area contributed by atoms with Crippen LogP contribution in [0.3, 0.4) is 0 Å². The molecule has 2 aromatic heterocycles. The maximum atomic E-state index is 12.6. The molecule has 1 aliphatic rings. The maximum absolute atomic E-state index is 12.6. The highest BCUT2D eigenvalue weighted by Gasteiger charge is 2.31. The average Bonchev–Trinajstić information content (AvgIpc) is 2.90. The number of hydrogen-bond donors (Lipinski definition) is 1. The molecule has 23 heavy (non-hydrogen) atoms. The number of hydrogen-bond acceptors (Lipinski definition) is 4. The highest BCUT2D eigenvalue weighted by Crippen LogP contribution is 2.26. The molecule has 1 saturated heterocycles. The Balaban J connectivity index is 1.79. The molecule has 1 N–H and O–H groups in total. The van der Waals surface area contributed by atoms with Crippen LogP contribution in [0.15, 0.2) is 36.8 Å². The third-order valence-electron chi connectivity index (χ3n) is 3.67. The van der Waals surface area contributed by atoms with Crippen molar-refractivity contribution in [1.29, 1.82) is 0 Å². The van der Waals surface area contributed by atoms with E-state index in [2.05, 4.69) is 15.3 Å². The number of nitrogens with zero attached hydrogens (tertiary/aromatic N) is 4. The van der Waals surface area contributed by atoms with Crippen molar-refractivity contribution in [2.45, 2.75) is 13.8 Å². The van der Waals surface area contributed by atoms with Crippen LogP contribution in [0.1, 0.15) is 12.5 Å². The van der Waals surface area contributed by atoms with E-state index in [1.807, 2.05) is 13.0 Å². The second kappa shape index (κ2) is 6.04. The van der Waals surface area contributed by atoms with Gasteiger partial charge in [-0.3, -0.25) is 19.6 Å². The van der Waals surface area contributed by atoms with Crippen LogP contribution in [0.2, 0.25) is 0 Å². The van der Waals surface area contributed by atoms with Crippen molar-refractivity contribution < 1.29 is 9.59 Å². The summed E-state index contributed by atoms with van der Waals surface area (Å²) in [6, 6.07) is 5.24. The van der Waals surface area contributed by atoms with Crippen molar-refractivity contribution in [2.75, 3.05) is 28.2 Å². The van der Waals surface area contributed by atoms with Crippen LogP contribution in [-0.2, 0) is 4.79 Å². The van der Waals surface area contributed by atoms with E-state index in [0.717, 1.165) is 11.3 Å². The topological polar surface area (TPSA) is 78.4 Å². The molecule has 1 fully saturated rings. The fourth-order valence-corrected chi connectivity index (χ4v) is 2.54. The molecule has 0 bridgehead atoms. The Morgan fingerprint density at radius 2 is 1.96 bits per heavy atom. The first-order chi connectivity index (χ1) is 11.1. The minimum Gasteiger partial charge on any atom is -0.311 e. The summed E-state index contributed by atoms with van der Waals surface area (Å²) in [6.07, 6.45) is 5.00. The Morgan fingerprint density at radius 1 is 1.17 bits per heavy atom. The first kappa shape index (κ1) is 15.0. The van der Waals surface area contributed by atoms with Gasteiger partial charge in [0.25, 0.3) is 0 Å². The van der Waals surface area contributed by atoms with Gasteiger partial charge in [-0.25, -0.2) is 9.78 Å². The molecule has 0 aromatic carbocycles. The van der Waals surface area contributed by atoms with Gasteiger partial charge in [-0.2, -0.15) is 0 Å². The van der Waals surface area contributed by atoms with Crippen molar-refractivity contribution in [2.24, 2.45) is 0 Å². The lowest BCUT2D eigenvalue weighted by Gasteiger charge is -2.19. The van der Waals surface area contributed by atoms with Gasteiger partial charge in [-0.05, 0) is 30.7 Å². The summed E-state index contributed by atoms with van der Waals surface area (Å²) >= 11 is 0. The molecule has 1 aliphatic heterocycles. The first-order valence-corrected chi connectivity index (χ1v) is 7.29. The van der Waals surface area contributed by atoms with Crippen molar-refractivity contribution >= 4 is 29.1 Å². The highest BCUT2D eigenvalue weighted by atomic mass is 16.2. The SMILES string of the molecule is CC(=O)Nc1ccc(N2CCN(c3cnccc3C)C2=O)cn1. The molecular weight excluding hydrogens is 294 g/mol. The third-order valence-corrected chi connectivity index (χ3v) is 3.67. The van der Waals surface area contributed by atoms with Crippen molar-refractivity contribution in [3.05, 3.63) is 42.4 Å². The molecule has 7 nitrogen and oxygen atoms in total. The lowest BCUT2D eigenvalue weighted by Crippen LogP contribution is -2.32. The van der Waals surface area contributed by atoms with Crippen LogP contribution < -0.4 is 15.1 Å². The fourth-order valence-electron chi connectivity index (χ4n) is 2.54. The Morgan fingerprint density at radius 3 is 2.61 bits per heavy atom.